The monoisotopic (exact) mass is 208 g/mol. The molecule has 0 aromatic carbocycles. The van der Waals surface area contributed by atoms with Crippen LogP contribution in [0, 0.1) is 0 Å². The van der Waals surface area contributed by atoms with Gasteiger partial charge in [-0.15, -0.1) is 0 Å². The second-order valence-electron chi connectivity index (χ2n) is 3.07. The van der Waals surface area contributed by atoms with Gasteiger partial charge >= 0.3 is 0 Å². The van der Waals surface area contributed by atoms with E-state index in [9.17, 15) is 9.59 Å². The number of hydrogen-bond donors (Lipinski definition) is 1. The van der Waals surface area contributed by atoms with Gasteiger partial charge in [-0.25, -0.2) is 0 Å². The highest BCUT2D eigenvalue weighted by Gasteiger charge is 2.31. The summed E-state index contributed by atoms with van der Waals surface area (Å²) in [4.78, 5) is 23.4. The molecule has 1 N–H and O–H groups in total. The highest BCUT2D eigenvalue weighted by Crippen LogP contribution is 2.25. The van der Waals surface area contributed by atoms with Crippen molar-refractivity contribution in [3.05, 3.63) is 35.1 Å². The summed E-state index contributed by atoms with van der Waals surface area (Å²) in [5.74, 6) is -0.858. The Morgan fingerprint density at radius 1 is 1.40 bits per heavy atom. The maximum atomic E-state index is 11.7. The maximum Gasteiger partial charge on any atom is 0.224 e. The molecule has 0 atom stereocenters. The van der Waals surface area contributed by atoms with Gasteiger partial charge in [-0.1, -0.05) is 12.7 Å². The first kappa shape index (κ1) is 11.4. The van der Waals surface area contributed by atoms with E-state index >= 15 is 0 Å². The third-order valence-electron chi connectivity index (χ3n) is 2.31. The SMILES string of the molecule is C=CC1=C(C)C(=O)C(OC)=C(CO)C1=O. The molecule has 1 aliphatic carbocycles. The van der Waals surface area contributed by atoms with E-state index in [1.165, 1.54) is 20.1 Å². The zero-order valence-electron chi connectivity index (χ0n) is 8.66. The number of carbonyl (C=O) groups is 2. The molecule has 1 aliphatic rings. The molecule has 0 aromatic heterocycles. The van der Waals surface area contributed by atoms with Gasteiger partial charge in [-0.3, -0.25) is 9.59 Å². The van der Waals surface area contributed by atoms with Crippen molar-refractivity contribution in [2.75, 3.05) is 13.7 Å². The Kier molecular flexibility index (Phi) is 3.21. The third-order valence-corrected chi connectivity index (χ3v) is 2.31. The molecular weight excluding hydrogens is 196 g/mol. The Balaban J connectivity index is 3.37. The summed E-state index contributed by atoms with van der Waals surface area (Å²) in [5, 5.41) is 9.01. The van der Waals surface area contributed by atoms with Crippen molar-refractivity contribution >= 4 is 11.6 Å². The molecule has 0 heterocycles. The van der Waals surface area contributed by atoms with E-state index in [2.05, 4.69) is 6.58 Å². The second kappa shape index (κ2) is 4.23. The quantitative estimate of drug-likeness (QED) is 0.687. The summed E-state index contributed by atoms with van der Waals surface area (Å²) >= 11 is 0. The summed E-state index contributed by atoms with van der Waals surface area (Å²) in [6.07, 6.45) is 1.32. The van der Waals surface area contributed by atoms with Crippen molar-refractivity contribution < 1.29 is 19.4 Å². The van der Waals surface area contributed by atoms with Gasteiger partial charge in [0.25, 0.3) is 0 Å². The number of ketones is 2. The Bertz CT molecular complexity index is 399. The normalized spacial score (nSPS) is 17.3. The van der Waals surface area contributed by atoms with Gasteiger partial charge in [0.1, 0.15) is 0 Å². The average Bonchev–Trinajstić information content (AvgIpc) is 2.23. The van der Waals surface area contributed by atoms with Crippen LogP contribution in [0.4, 0.5) is 0 Å². The van der Waals surface area contributed by atoms with E-state index in [0.29, 0.717) is 5.57 Å². The average molecular weight is 208 g/mol. The molecule has 0 amide bonds. The number of ether oxygens (including phenoxy) is 1. The predicted molar refractivity (Wildman–Crippen MR) is 54.0 cm³/mol. The van der Waals surface area contributed by atoms with Crippen LogP contribution in [0.2, 0.25) is 0 Å². The second-order valence-corrected chi connectivity index (χ2v) is 3.07. The van der Waals surface area contributed by atoms with E-state index in [4.69, 9.17) is 9.84 Å². The fourth-order valence-corrected chi connectivity index (χ4v) is 1.47. The number of hydrogen-bond acceptors (Lipinski definition) is 4. The molecule has 4 nitrogen and oxygen atoms in total. The summed E-state index contributed by atoms with van der Waals surface area (Å²) in [5.41, 5.74) is 0.511. The fraction of sp³-hybridized carbons (Fsp3) is 0.273. The number of aliphatic hydroxyl groups is 1. The molecule has 0 unspecified atom stereocenters. The van der Waals surface area contributed by atoms with Gasteiger partial charge in [0, 0.05) is 11.1 Å². The van der Waals surface area contributed by atoms with Crippen LogP contribution in [-0.4, -0.2) is 30.4 Å². The maximum absolute atomic E-state index is 11.7. The molecular formula is C11H12O4. The van der Waals surface area contributed by atoms with Crippen molar-refractivity contribution in [1.29, 1.82) is 0 Å². The minimum absolute atomic E-state index is 0.0111. The van der Waals surface area contributed by atoms with Crippen LogP contribution in [0.3, 0.4) is 0 Å². The lowest BCUT2D eigenvalue weighted by atomic mass is 9.89. The summed E-state index contributed by atoms with van der Waals surface area (Å²) in [6, 6.07) is 0. The van der Waals surface area contributed by atoms with Crippen LogP contribution < -0.4 is 0 Å². The van der Waals surface area contributed by atoms with Gasteiger partial charge in [0.2, 0.25) is 5.78 Å². The molecule has 0 radical (unpaired) electrons. The first-order chi connectivity index (χ1) is 7.08. The van der Waals surface area contributed by atoms with Crippen molar-refractivity contribution in [2.24, 2.45) is 0 Å². The fourth-order valence-electron chi connectivity index (χ4n) is 1.47. The zero-order valence-corrected chi connectivity index (χ0v) is 8.66. The van der Waals surface area contributed by atoms with Crippen LogP contribution in [0.15, 0.2) is 35.1 Å². The summed E-state index contributed by atoms with van der Waals surface area (Å²) < 4.78 is 4.82. The van der Waals surface area contributed by atoms with Crippen LogP contribution >= 0.6 is 0 Å². The lowest BCUT2D eigenvalue weighted by Crippen LogP contribution is -2.24. The lowest BCUT2D eigenvalue weighted by Gasteiger charge is -2.18. The summed E-state index contributed by atoms with van der Waals surface area (Å²) in [7, 11) is 1.29. The number of carbonyl (C=O) groups excluding carboxylic acids is 2. The van der Waals surface area contributed by atoms with Crippen LogP contribution in [0.1, 0.15) is 6.92 Å². The number of Topliss-reactive ketones (excluding diaryl/α,β-unsaturated/α-hetero) is 2. The first-order valence-corrected chi connectivity index (χ1v) is 4.39. The van der Waals surface area contributed by atoms with Crippen molar-refractivity contribution in [3.8, 4) is 0 Å². The highest BCUT2D eigenvalue weighted by molar-refractivity contribution is 6.25. The first-order valence-electron chi connectivity index (χ1n) is 4.39. The molecule has 0 saturated heterocycles. The van der Waals surface area contributed by atoms with Crippen molar-refractivity contribution in [3.63, 3.8) is 0 Å². The minimum atomic E-state index is -0.516. The van der Waals surface area contributed by atoms with Crippen LogP contribution in [0.5, 0.6) is 0 Å². The van der Waals surface area contributed by atoms with E-state index in [1.54, 1.807) is 0 Å². The zero-order chi connectivity index (χ0) is 11.6. The number of methoxy groups -OCH3 is 1. The number of aliphatic hydroxyl groups excluding tert-OH is 1. The van der Waals surface area contributed by atoms with E-state index in [-0.39, 0.29) is 22.7 Å². The minimum Gasteiger partial charge on any atom is -0.492 e. The smallest absolute Gasteiger partial charge is 0.224 e. The van der Waals surface area contributed by atoms with Gasteiger partial charge < -0.3 is 9.84 Å². The molecule has 80 valence electrons. The Labute approximate surface area is 87.5 Å². The molecule has 0 fully saturated rings. The van der Waals surface area contributed by atoms with Crippen LogP contribution in [0.25, 0.3) is 0 Å². The Hall–Kier alpha value is -1.68. The molecule has 0 aromatic rings. The van der Waals surface area contributed by atoms with Crippen LogP contribution in [-0.2, 0) is 14.3 Å². The van der Waals surface area contributed by atoms with E-state index in [1.807, 2.05) is 0 Å². The molecule has 0 saturated carbocycles. The lowest BCUT2D eigenvalue weighted by molar-refractivity contribution is -0.119. The number of allylic oxidation sites excluding steroid dienone is 3. The molecule has 1 rings (SSSR count). The van der Waals surface area contributed by atoms with Gasteiger partial charge in [-0.05, 0) is 6.92 Å². The van der Waals surface area contributed by atoms with E-state index in [0.717, 1.165) is 0 Å². The Morgan fingerprint density at radius 3 is 2.40 bits per heavy atom. The van der Waals surface area contributed by atoms with Gasteiger partial charge in [0.15, 0.2) is 11.5 Å². The van der Waals surface area contributed by atoms with Gasteiger partial charge in [0.05, 0.1) is 19.3 Å². The topological polar surface area (TPSA) is 63.6 Å². The van der Waals surface area contributed by atoms with Crippen molar-refractivity contribution in [2.45, 2.75) is 6.92 Å². The van der Waals surface area contributed by atoms with Gasteiger partial charge in [-0.2, -0.15) is 0 Å². The molecule has 0 aliphatic heterocycles. The Morgan fingerprint density at radius 2 is 2.00 bits per heavy atom. The molecule has 4 heteroatoms. The standard InChI is InChI=1S/C11H12O4/c1-4-7-6(2)9(13)11(15-3)8(5-12)10(7)14/h4,12H,1,5H2,2-3H3. The molecule has 15 heavy (non-hydrogen) atoms. The number of rotatable bonds is 3. The van der Waals surface area contributed by atoms with Crippen molar-refractivity contribution in [1.82, 2.24) is 0 Å². The summed E-state index contributed by atoms with van der Waals surface area (Å²) in [6.45, 7) is 4.48. The molecule has 0 bridgehead atoms. The molecule has 0 spiro atoms. The third kappa shape index (κ3) is 1.64. The highest BCUT2D eigenvalue weighted by atomic mass is 16.5. The predicted octanol–water partition coefficient (Wildman–Crippen LogP) is 0.533. The van der Waals surface area contributed by atoms with E-state index < -0.39 is 12.4 Å². The largest absolute Gasteiger partial charge is 0.492 e.